The SMILES string of the molecule is CCOC12CC(SC3SC=CC31)c1ccccc1N2. The number of rotatable bonds is 2. The number of fused-ring (bicyclic) bond motifs is 6. The van der Waals surface area contributed by atoms with Gasteiger partial charge in [0.1, 0.15) is 5.72 Å². The summed E-state index contributed by atoms with van der Waals surface area (Å²) in [5, 5.41) is 6.51. The zero-order valence-corrected chi connectivity index (χ0v) is 12.5. The first-order valence-corrected chi connectivity index (χ1v) is 8.69. The number of para-hydroxylation sites is 1. The lowest BCUT2D eigenvalue weighted by Crippen LogP contribution is -2.55. The van der Waals surface area contributed by atoms with E-state index in [2.05, 4.69) is 59.8 Å². The van der Waals surface area contributed by atoms with Crippen molar-refractivity contribution >= 4 is 29.2 Å². The topological polar surface area (TPSA) is 21.3 Å². The largest absolute Gasteiger partial charge is 0.357 e. The van der Waals surface area contributed by atoms with Crippen molar-refractivity contribution in [2.24, 2.45) is 5.92 Å². The van der Waals surface area contributed by atoms with Gasteiger partial charge in [0, 0.05) is 29.9 Å². The normalized spacial score (nSPS) is 38.5. The summed E-state index contributed by atoms with van der Waals surface area (Å²) >= 11 is 4.05. The van der Waals surface area contributed by atoms with Gasteiger partial charge < -0.3 is 10.1 Å². The average molecular weight is 291 g/mol. The van der Waals surface area contributed by atoms with E-state index in [-0.39, 0.29) is 5.72 Å². The quantitative estimate of drug-likeness (QED) is 0.880. The van der Waals surface area contributed by atoms with Crippen LogP contribution in [0.5, 0.6) is 0 Å². The van der Waals surface area contributed by atoms with Gasteiger partial charge in [0.25, 0.3) is 0 Å². The monoisotopic (exact) mass is 291 g/mol. The Hall–Kier alpha value is -0.580. The molecular weight excluding hydrogens is 274 g/mol. The van der Waals surface area contributed by atoms with E-state index in [4.69, 9.17) is 4.74 Å². The molecule has 4 heteroatoms. The molecule has 3 aliphatic rings. The van der Waals surface area contributed by atoms with Crippen molar-refractivity contribution in [3.05, 3.63) is 41.3 Å². The van der Waals surface area contributed by atoms with E-state index in [0.717, 1.165) is 13.0 Å². The predicted octanol–water partition coefficient (Wildman–Crippen LogP) is 4.23. The minimum Gasteiger partial charge on any atom is -0.357 e. The molecule has 1 saturated heterocycles. The minimum atomic E-state index is -0.205. The van der Waals surface area contributed by atoms with Crippen LogP contribution in [0.1, 0.15) is 24.2 Å². The van der Waals surface area contributed by atoms with Gasteiger partial charge >= 0.3 is 0 Å². The Kier molecular flexibility index (Phi) is 2.87. The van der Waals surface area contributed by atoms with E-state index in [9.17, 15) is 0 Å². The third-order valence-corrected chi connectivity index (χ3v) is 7.03. The van der Waals surface area contributed by atoms with Gasteiger partial charge in [-0.05, 0) is 24.0 Å². The van der Waals surface area contributed by atoms with Gasteiger partial charge in [-0.15, -0.1) is 23.5 Å². The highest BCUT2D eigenvalue weighted by molar-refractivity contribution is 8.18. The summed E-state index contributed by atoms with van der Waals surface area (Å²) in [5.74, 6) is 0.465. The van der Waals surface area contributed by atoms with Gasteiger partial charge in [0.15, 0.2) is 0 Å². The lowest BCUT2D eigenvalue weighted by molar-refractivity contribution is -0.0548. The van der Waals surface area contributed by atoms with E-state index in [0.29, 0.717) is 15.7 Å². The summed E-state index contributed by atoms with van der Waals surface area (Å²) in [5.41, 5.74) is 2.49. The van der Waals surface area contributed by atoms with Gasteiger partial charge in [-0.25, -0.2) is 0 Å². The van der Waals surface area contributed by atoms with Crippen LogP contribution in [-0.2, 0) is 4.74 Å². The fraction of sp³-hybridized carbons (Fsp3) is 0.467. The fourth-order valence-corrected chi connectivity index (χ4v) is 6.63. The molecule has 0 aromatic heterocycles. The second-order valence-corrected chi connectivity index (χ2v) is 7.92. The molecule has 4 atom stereocenters. The van der Waals surface area contributed by atoms with Crippen molar-refractivity contribution in [2.75, 3.05) is 11.9 Å². The van der Waals surface area contributed by atoms with Crippen LogP contribution < -0.4 is 5.32 Å². The van der Waals surface area contributed by atoms with E-state index < -0.39 is 0 Å². The third kappa shape index (κ3) is 1.77. The molecule has 100 valence electrons. The highest BCUT2D eigenvalue weighted by Crippen LogP contribution is 2.60. The van der Waals surface area contributed by atoms with E-state index in [1.165, 1.54) is 11.3 Å². The predicted molar refractivity (Wildman–Crippen MR) is 83.4 cm³/mol. The molecule has 0 aliphatic carbocycles. The first-order chi connectivity index (χ1) is 9.32. The lowest BCUT2D eigenvalue weighted by Gasteiger charge is -2.51. The van der Waals surface area contributed by atoms with Crippen LogP contribution >= 0.6 is 23.5 Å². The zero-order valence-electron chi connectivity index (χ0n) is 10.8. The number of hydrogen-bond donors (Lipinski definition) is 1. The standard InChI is InChI=1S/C15H17NOS2/c1-2-17-15-9-13(19-14-11(15)7-8-18-14)10-5-3-4-6-12(10)16-15/h3-8,11,13-14,16H,2,9H2,1H3. The van der Waals surface area contributed by atoms with Crippen LogP contribution in [0.2, 0.25) is 0 Å². The highest BCUT2D eigenvalue weighted by atomic mass is 32.2. The molecule has 2 bridgehead atoms. The Labute approximate surface area is 122 Å². The molecule has 1 fully saturated rings. The Morgan fingerprint density at radius 3 is 3.21 bits per heavy atom. The van der Waals surface area contributed by atoms with Gasteiger partial charge in [0.05, 0.1) is 4.58 Å². The first-order valence-electron chi connectivity index (χ1n) is 6.81. The molecule has 2 nitrogen and oxygen atoms in total. The molecule has 1 aromatic rings. The summed E-state index contributed by atoms with van der Waals surface area (Å²) in [7, 11) is 0. The second-order valence-electron chi connectivity index (χ2n) is 5.22. The van der Waals surface area contributed by atoms with Gasteiger partial charge in [-0.3, -0.25) is 0 Å². The van der Waals surface area contributed by atoms with Crippen LogP contribution in [0.4, 0.5) is 5.69 Å². The zero-order chi connectivity index (χ0) is 12.9. The minimum absolute atomic E-state index is 0.205. The summed E-state index contributed by atoms with van der Waals surface area (Å²) < 4.78 is 6.81. The molecule has 3 aliphatic heterocycles. The van der Waals surface area contributed by atoms with Crippen molar-refractivity contribution in [3.8, 4) is 0 Å². The number of ether oxygens (including phenoxy) is 1. The molecule has 4 unspecified atom stereocenters. The van der Waals surface area contributed by atoms with Crippen LogP contribution in [0.15, 0.2) is 35.7 Å². The van der Waals surface area contributed by atoms with Crippen molar-refractivity contribution < 1.29 is 4.74 Å². The molecule has 19 heavy (non-hydrogen) atoms. The maximum atomic E-state index is 6.22. The van der Waals surface area contributed by atoms with E-state index >= 15 is 0 Å². The molecule has 4 rings (SSSR count). The van der Waals surface area contributed by atoms with Crippen molar-refractivity contribution in [1.82, 2.24) is 0 Å². The maximum Gasteiger partial charge on any atom is 0.148 e. The van der Waals surface area contributed by atoms with E-state index in [1.54, 1.807) is 0 Å². The summed E-state index contributed by atoms with van der Waals surface area (Å²) in [6, 6.07) is 8.68. The molecule has 3 heterocycles. The van der Waals surface area contributed by atoms with Crippen molar-refractivity contribution in [2.45, 2.75) is 28.9 Å². The number of hydrogen-bond acceptors (Lipinski definition) is 4. The first kappa shape index (κ1) is 12.2. The Morgan fingerprint density at radius 1 is 1.42 bits per heavy atom. The number of thioether (sulfide) groups is 2. The number of anilines is 1. The second kappa shape index (κ2) is 4.47. The lowest BCUT2D eigenvalue weighted by atomic mass is 9.85. The molecule has 0 spiro atoms. The van der Waals surface area contributed by atoms with Crippen LogP contribution in [0.25, 0.3) is 0 Å². The van der Waals surface area contributed by atoms with Crippen LogP contribution in [0, 0.1) is 5.92 Å². The molecule has 0 saturated carbocycles. The average Bonchev–Trinajstić information content (AvgIpc) is 2.88. The van der Waals surface area contributed by atoms with Crippen LogP contribution in [0.3, 0.4) is 0 Å². The van der Waals surface area contributed by atoms with Gasteiger partial charge in [-0.2, -0.15) is 0 Å². The molecule has 0 amide bonds. The number of nitrogens with one attached hydrogen (secondary N) is 1. The summed E-state index contributed by atoms with van der Waals surface area (Å²) in [4.78, 5) is 0. The van der Waals surface area contributed by atoms with Crippen molar-refractivity contribution in [3.63, 3.8) is 0 Å². The molecule has 0 radical (unpaired) electrons. The van der Waals surface area contributed by atoms with Crippen LogP contribution in [-0.4, -0.2) is 16.9 Å². The third-order valence-electron chi connectivity index (χ3n) is 4.17. The number of benzene rings is 1. The molecule has 1 aromatic carbocycles. The fourth-order valence-electron chi connectivity index (χ4n) is 3.38. The molecule has 1 N–H and O–H groups in total. The smallest absolute Gasteiger partial charge is 0.148 e. The van der Waals surface area contributed by atoms with Gasteiger partial charge in [-0.1, -0.05) is 24.3 Å². The van der Waals surface area contributed by atoms with E-state index in [1.807, 2.05) is 11.8 Å². The highest BCUT2D eigenvalue weighted by Gasteiger charge is 2.53. The summed E-state index contributed by atoms with van der Waals surface area (Å²) in [6.07, 6.45) is 3.39. The summed E-state index contributed by atoms with van der Waals surface area (Å²) in [6.45, 7) is 2.85. The maximum absolute atomic E-state index is 6.22. The Balaban J connectivity index is 1.81. The van der Waals surface area contributed by atoms with Crippen molar-refractivity contribution in [1.29, 1.82) is 0 Å². The molecular formula is C15H17NOS2. The Morgan fingerprint density at radius 2 is 2.32 bits per heavy atom. The Bertz CT molecular complexity index is 533. The van der Waals surface area contributed by atoms with Gasteiger partial charge in [0.2, 0.25) is 0 Å².